The molecule has 0 amide bonds. The summed E-state index contributed by atoms with van der Waals surface area (Å²) in [4.78, 5) is 4.43. The van der Waals surface area contributed by atoms with Gasteiger partial charge in [0.1, 0.15) is 0 Å². The number of halogens is 1. The minimum Gasteiger partial charge on any atom is -0.395 e. The highest BCUT2D eigenvalue weighted by Gasteiger charge is 2.17. The molecule has 2 aromatic rings. The molecule has 1 aromatic heterocycles. The topological polar surface area (TPSA) is 63.0 Å². The SMILES string of the molecule is CC(C)(C)NCc1cccc(CNc2c(N)c(Cl)nc3c2C=CCC3)c1. The molecule has 5 heteroatoms. The molecule has 0 saturated heterocycles. The minimum atomic E-state index is 0.0991. The molecule has 0 spiro atoms. The third kappa shape index (κ3) is 4.57. The van der Waals surface area contributed by atoms with E-state index < -0.39 is 0 Å². The van der Waals surface area contributed by atoms with Gasteiger partial charge in [0.25, 0.3) is 0 Å². The molecule has 1 heterocycles. The summed E-state index contributed by atoms with van der Waals surface area (Å²) in [6.45, 7) is 8.05. The second kappa shape index (κ2) is 7.68. The van der Waals surface area contributed by atoms with Gasteiger partial charge >= 0.3 is 0 Å². The molecule has 0 fully saturated rings. The van der Waals surface area contributed by atoms with E-state index in [0.29, 0.717) is 17.4 Å². The van der Waals surface area contributed by atoms with Crippen LogP contribution in [0.5, 0.6) is 0 Å². The lowest BCUT2D eigenvalue weighted by Crippen LogP contribution is -2.35. The summed E-state index contributed by atoms with van der Waals surface area (Å²) in [7, 11) is 0. The fourth-order valence-corrected chi connectivity index (χ4v) is 3.22. The average Bonchev–Trinajstić information content (AvgIpc) is 2.60. The van der Waals surface area contributed by atoms with Gasteiger partial charge in [0.05, 0.1) is 17.1 Å². The number of nitrogen functional groups attached to an aromatic ring is 1. The van der Waals surface area contributed by atoms with E-state index in [2.05, 4.69) is 72.8 Å². The predicted molar refractivity (Wildman–Crippen MR) is 111 cm³/mol. The van der Waals surface area contributed by atoms with Crippen molar-refractivity contribution in [3.63, 3.8) is 0 Å². The van der Waals surface area contributed by atoms with E-state index in [9.17, 15) is 0 Å². The fraction of sp³-hybridized carbons (Fsp3) is 0.381. The molecular weight excluding hydrogens is 344 g/mol. The van der Waals surface area contributed by atoms with Gasteiger partial charge in [0.15, 0.2) is 5.15 Å². The normalized spacial score (nSPS) is 13.5. The summed E-state index contributed by atoms with van der Waals surface area (Å²) in [6, 6.07) is 8.57. The van der Waals surface area contributed by atoms with E-state index in [4.69, 9.17) is 17.3 Å². The number of hydrogen-bond donors (Lipinski definition) is 3. The zero-order chi connectivity index (χ0) is 18.7. The molecule has 0 bridgehead atoms. The van der Waals surface area contributed by atoms with Crippen molar-refractivity contribution in [3.8, 4) is 0 Å². The van der Waals surface area contributed by atoms with Gasteiger partial charge in [-0.15, -0.1) is 0 Å². The van der Waals surface area contributed by atoms with Gasteiger partial charge < -0.3 is 16.4 Å². The highest BCUT2D eigenvalue weighted by atomic mass is 35.5. The highest BCUT2D eigenvalue weighted by molar-refractivity contribution is 6.32. The number of anilines is 2. The molecule has 3 rings (SSSR count). The first-order chi connectivity index (χ1) is 12.3. The van der Waals surface area contributed by atoms with Crippen molar-refractivity contribution in [2.45, 2.75) is 52.2 Å². The van der Waals surface area contributed by atoms with E-state index in [1.165, 1.54) is 11.1 Å². The molecule has 4 N–H and O–H groups in total. The molecule has 0 saturated carbocycles. The van der Waals surface area contributed by atoms with E-state index in [-0.39, 0.29) is 5.54 Å². The Bertz CT molecular complexity index is 821. The van der Waals surface area contributed by atoms with Gasteiger partial charge in [-0.3, -0.25) is 0 Å². The van der Waals surface area contributed by atoms with Gasteiger partial charge in [-0.1, -0.05) is 48.0 Å². The van der Waals surface area contributed by atoms with Crippen LogP contribution in [0.2, 0.25) is 5.15 Å². The Labute approximate surface area is 160 Å². The van der Waals surface area contributed by atoms with Crippen LogP contribution in [0.15, 0.2) is 30.3 Å². The first-order valence-electron chi connectivity index (χ1n) is 9.04. The van der Waals surface area contributed by atoms with E-state index in [0.717, 1.165) is 36.3 Å². The number of aryl methyl sites for hydroxylation is 1. The Morgan fingerprint density at radius 3 is 2.65 bits per heavy atom. The number of nitrogens with one attached hydrogen (secondary N) is 2. The molecule has 138 valence electrons. The largest absolute Gasteiger partial charge is 0.395 e. The maximum absolute atomic E-state index is 6.23. The Morgan fingerprint density at radius 2 is 1.92 bits per heavy atom. The fourth-order valence-electron chi connectivity index (χ4n) is 3.02. The number of nitrogens with two attached hydrogens (primary N) is 1. The van der Waals surface area contributed by atoms with Crippen molar-refractivity contribution < 1.29 is 0 Å². The van der Waals surface area contributed by atoms with Gasteiger partial charge in [0.2, 0.25) is 0 Å². The van der Waals surface area contributed by atoms with Crippen molar-refractivity contribution in [1.29, 1.82) is 0 Å². The van der Waals surface area contributed by atoms with Crippen LogP contribution in [-0.2, 0) is 19.5 Å². The van der Waals surface area contributed by atoms with Gasteiger partial charge in [0, 0.05) is 24.2 Å². The lowest BCUT2D eigenvalue weighted by Gasteiger charge is -2.21. The number of pyridine rings is 1. The standard InChI is InChI=1S/C21H27ClN4/c1-21(2,3)25-13-15-8-6-7-14(11-15)12-24-19-16-9-4-5-10-17(16)26-20(22)18(19)23/h4,6-9,11,25H,5,10,12-13,23H2,1-3H3,(H,24,26). The maximum atomic E-state index is 6.23. The third-order valence-corrected chi connectivity index (χ3v) is 4.71. The van der Waals surface area contributed by atoms with Crippen LogP contribution in [0.3, 0.4) is 0 Å². The van der Waals surface area contributed by atoms with Crippen LogP contribution in [-0.4, -0.2) is 10.5 Å². The molecule has 0 radical (unpaired) electrons. The summed E-state index contributed by atoms with van der Waals surface area (Å²) in [5.41, 5.74) is 12.2. The number of allylic oxidation sites excluding steroid dienone is 1. The molecule has 1 aromatic carbocycles. The number of hydrogen-bond acceptors (Lipinski definition) is 4. The van der Waals surface area contributed by atoms with Crippen molar-refractivity contribution in [1.82, 2.24) is 10.3 Å². The van der Waals surface area contributed by atoms with Crippen LogP contribution in [0, 0.1) is 0 Å². The van der Waals surface area contributed by atoms with Gasteiger partial charge in [-0.2, -0.15) is 0 Å². The summed E-state index contributed by atoms with van der Waals surface area (Å²) < 4.78 is 0. The lowest BCUT2D eigenvalue weighted by molar-refractivity contribution is 0.424. The molecule has 1 aliphatic carbocycles. The minimum absolute atomic E-state index is 0.0991. The Hall–Kier alpha value is -2.04. The molecule has 4 nitrogen and oxygen atoms in total. The number of benzene rings is 1. The van der Waals surface area contributed by atoms with Crippen molar-refractivity contribution in [2.24, 2.45) is 0 Å². The van der Waals surface area contributed by atoms with Crippen molar-refractivity contribution in [2.75, 3.05) is 11.1 Å². The second-order valence-electron chi connectivity index (χ2n) is 7.77. The first-order valence-corrected chi connectivity index (χ1v) is 9.42. The zero-order valence-electron chi connectivity index (χ0n) is 15.7. The van der Waals surface area contributed by atoms with Crippen LogP contribution >= 0.6 is 11.6 Å². The molecule has 0 aliphatic heterocycles. The number of nitrogens with zero attached hydrogens (tertiary/aromatic N) is 1. The molecule has 26 heavy (non-hydrogen) atoms. The summed E-state index contributed by atoms with van der Waals surface area (Å²) in [5.74, 6) is 0. The molecule has 0 unspecified atom stereocenters. The summed E-state index contributed by atoms with van der Waals surface area (Å²) >= 11 is 6.23. The Balaban J connectivity index is 1.76. The zero-order valence-corrected chi connectivity index (χ0v) is 16.5. The van der Waals surface area contributed by atoms with Crippen LogP contribution in [0.1, 0.15) is 49.6 Å². The predicted octanol–water partition coefficient (Wildman–Crippen LogP) is 4.78. The van der Waals surface area contributed by atoms with Gasteiger partial charge in [-0.05, 0) is 44.7 Å². The molecule has 1 aliphatic rings. The molecule has 0 atom stereocenters. The summed E-state index contributed by atoms with van der Waals surface area (Å²) in [6.07, 6.45) is 6.13. The van der Waals surface area contributed by atoms with Crippen LogP contribution in [0.25, 0.3) is 6.08 Å². The number of rotatable bonds is 5. The van der Waals surface area contributed by atoms with Gasteiger partial charge in [-0.25, -0.2) is 4.98 Å². The van der Waals surface area contributed by atoms with E-state index >= 15 is 0 Å². The molecular formula is C21H27ClN4. The van der Waals surface area contributed by atoms with Crippen molar-refractivity contribution in [3.05, 3.63) is 57.9 Å². The summed E-state index contributed by atoms with van der Waals surface area (Å²) in [5, 5.41) is 7.38. The lowest BCUT2D eigenvalue weighted by atomic mass is 10.0. The van der Waals surface area contributed by atoms with E-state index in [1.54, 1.807) is 0 Å². The highest BCUT2D eigenvalue weighted by Crippen LogP contribution is 2.35. The second-order valence-corrected chi connectivity index (χ2v) is 8.13. The van der Waals surface area contributed by atoms with Crippen LogP contribution < -0.4 is 16.4 Å². The Morgan fingerprint density at radius 1 is 1.19 bits per heavy atom. The Kier molecular flexibility index (Phi) is 5.54. The monoisotopic (exact) mass is 370 g/mol. The average molecular weight is 371 g/mol. The van der Waals surface area contributed by atoms with Crippen molar-refractivity contribution >= 4 is 29.1 Å². The maximum Gasteiger partial charge on any atom is 0.154 e. The van der Waals surface area contributed by atoms with E-state index in [1.807, 2.05) is 0 Å². The number of fused-ring (bicyclic) bond motifs is 1. The smallest absolute Gasteiger partial charge is 0.154 e. The first kappa shape index (κ1) is 18.7. The quantitative estimate of drug-likeness (QED) is 0.663. The third-order valence-electron chi connectivity index (χ3n) is 4.42. The van der Waals surface area contributed by atoms with Crippen LogP contribution in [0.4, 0.5) is 11.4 Å². The number of aromatic nitrogens is 1.